The van der Waals surface area contributed by atoms with Crippen molar-refractivity contribution in [3.05, 3.63) is 188 Å². The van der Waals surface area contributed by atoms with Crippen LogP contribution in [-0.2, 0) is 0 Å². The van der Waals surface area contributed by atoms with Crippen molar-refractivity contribution >= 4 is 65.0 Å². The number of nitrogens with zero attached hydrogens (tertiary/aromatic N) is 3. The fourth-order valence-electron chi connectivity index (χ4n) is 8.46. The topological polar surface area (TPSA) is 30.7 Å². The lowest BCUT2D eigenvalue weighted by Gasteiger charge is -2.17. The number of rotatable bonds is 4. The standard InChI is InChI=1S/C50H31N3/c1-2-10-37(11-3-1)53-47-17-9-8-14-40(47)41-23-22-35(29-48(41)53)44-30-45-39-13-5-7-16-43(39)50-46(49(45)42-15-6-4-12-38(42)44)28-36(31-52-50)33-20-18-32(19-21-33)34-24-26-51-27-25-34/h1-31H. The van der Waals surface area contributed by atoms with Crippen molar-refractivity contribution in [1.82, 2.24) is 14.5 Å². The van der Waals surface area contributed by atoms with Gasteiger partial charge < -0.3 is 4.57 Å². The van der Waals surface area contributed by atoms with Crippen LogP contribution in [0.1, 0.15) is 0 Å². The number of para-hydroxylation sites is 2. The van der Waals surface area contributed by atoms with E-state index in [2.05, 4.69) is 167 Å². The van der Waals surface area contributed by atoms with Gasteiger partial charge in [-0.15, -0.1) is 0 Å². The molecular weight excluding hydrogens is 643 g/mol. The zero-order chi connectivity index (χ0) is 34.9. The van der Waals surface area contributed by atoms with Gasteiger partial charge in [0.2, 0.25) is 0 Å². The lowest BCUT2D eigenvalue weighted by Crippen LogP contribution is -1.94. The summed E-state index contributed by atoms with van der Waals surface area (Å²) >= 11 is 0. The molecule has 0 unspecified atom stereocenters. The highest BCUT2D eigenvalue weighted by atomic mass is 15.0. The van der Waals surface area contributed by atoms with Crippen molar-refractivity contribution in [3.63, 3.8) is 0 Å². The van der Waals surface area contributed by atoms with Gasteiger partial charge in [-0.1, -0.05) is 121 Å². The first-order chi connectivity index (χ1) is 26.3. The molecule has 3 heterocycles. The molecule has 8 aromatic carbocycles. The second kappa shape index (κ2) is 11.7. The Bertz CT molecular complexity index is 3200. The third-order valence-electron chi connectivity index (χ3n) is 10.9. The van der Waals surface area contributed by atoms with Crippen LogP contribution in [0.25, 0.3) is 104 Å². The van der Waals surface area contributed by atoms with Crippen LogP contribution in [-0.4, -0.2) is 14.5 Å². The van der Waals surface area contributed by atoms with Gasteiger partial charge in [-0.2, -0.15) is 0 Å². The van der Waals surface area contributed by atoms with Crippen LogP contribution >= 0.6 is 0 Å². The predicted octanol–water partition coefficient (Wildman–Crippen LogP) is 13.2. The van der Waals surface area contributed by atoms with E-state index in [4.69, 9.17) is 4.98 Å². The molecule has 0 aliphatic rings. The third kappa shape index (κ3) is 4.61. The maximum Gasteiger partial charge on any atom is 0.0787 e. The number of benzene rings is 8. The number of hydrogen-bond donors (Lipinski definition) is 0. The molecule has 0 bridgehead atoms. The van der Waals surface area contributed by atoms with Gasteiger partial charge in [-0.3, -0.25) is 9.97 Å². The Morgan fingerprint density at radius 1 is 0.358 bits per heavy atom. The summed E-state index contributed by atoms with van der Waals surface area (Å²) in [5.41, 5.74) is 11.6. The van der Waals surface area contributed by atoms with Crippen LogP contribution < -0.4 is 0 Å². The lowest BCUT2D eigenvalue weighted by molar-refractivity contribution is 1.18. The summed E-state index contributed by atoms with van der Waals surface area (Å²) in [5.74, 6) is 0. The molecule has 0 amide bonds. The summed E-state index contributed by atoms with van der Waals surface area (Å²) in [6.45, 7) is 0. The molecule has 0 aliphatic carbocycles. The molecule has 11 aromatic rings. The van der Waals surface area contributed by atoms with Gasteiger partial charge in [-0.05, 0) is 103 Å². The van der Waals surface area contributed by atoms with Crippen LogP contribution in [0.15, 0.2) is 188 Å². The van der Waals surface area contributed by atoms with Gasteiger partial charge in [0.15, 0.2) is 0 Å². The van der Waals surface area contributed by atoms with E-state index in [1.807, 2.05) is 30.7 Å². The van der Waals surface area contributed by atoms with Crippen LogP contribution in [0.3, 0.4) is 0 Å². The fraction of sp³-hybridized carbons (Fsp3) is 0. The smallest absolute Gasteiger partial charge is 0.0787 e. The summed E-state index contributed by atoms with van der Waals surface area (Å²) in [4.78, 5) is 9.37. The molecular formula is C50H31N3. The van der Waals surface area contributed by atoms with E-state index in [9.17, 15) is 0 Å². The molecule has 0 aliphatic heterocycles. The fourth-order valence-corrected chi connectivity index (χ4v) is 8.46. The van der Waals surface area contributed by atoms with Gasteiger partial charge in [0.25, 0.3) is 0 Å². The maximum atomic E-state index is 5.19. The molecule has 0 fully saturated rings. The van der Waals surface area contributed by atoms with E-state index in [1.165, 1.54) is 65.4 Å². The molecule has 3 heteroatoms. The summed E-state index contributed by atoms with van der Waals surface area (Å²) in [6.07, 6.45) is 5.70. The quantitative estimate of drug-likeness (QED) is 0.174. The molecule has 53 heavy (non-hydrogen) atoms. The zero-order valence-corrected chi connectivity index (χ0v) is 28.7. The molecule has 0 N–H and O–H groups in total. The second-order valence-electron chi connectivity index (χ2n) is 13.8. The van der Waals surface area contributed by atoms with E-state index in [0.717, 1.165) is 38.7 Å². The SMILES string of the molecule is c1ccc(-n2c3ccccc3c3ccc(-c4cc5c6ccccc6c6ncc(-c7ccc(-c8ccncc8)cc7)cc6c5c5ccccc45)cc32)cc1. The van der Waals surface area contributed by atoms with Crippen LogP contribution in [0.5, 0.6) is 0 Å². The lowest BCUT2D eigenvalue weighted by atomic mass is 9.88. The molecule has 246 valence electrons. The number of pyridine rings is 2. The average Bonchev–Trinajstić information content (AvgIpc) is 3.57. The molecule has 0 spiro atoms. The molecule has 0 atom stereocenters. The van der Waals surface area contributed by atoms with E-state index < -0.39 is 0 Å². The van der Waals surface area contributed by atoms with E-state index in [0.29, 0.717) is 0 Å². The van der Waals surface area contributed by atoms with Crippen LogP contribution in [0.2, 0.25) is 0 Å². The van der Waals surface area contributed by atoms with Crippen molar-refractivity contribution in [2.24, 2.45) is 0 Å². The zero-order valence-electron chi connectivity index (χ0n) is 28.7. The van der Waals surface area contributed by atoms with Gasteiger partial charge in [-0.25, -0.2) is 0 Å². The van der Waals surface area contributed by atoms with E-state index in [-0.39, 0.29) is 0 Å². The minimum Gasteiger partial charge on any atom is -0.309 e. The average molecular weight is 674 g/mol. The molecule has 3 aromatic heterocycles. The second-order valence-corrected chi connectivity index (χ2v) is 13.8. The Morgan fingerprint density at radius 2 is 0.962 bits per heavy atom. The predicted molar refractivity (Wildman–Crippen MR) is 223 cm³/mol. The van der Waals surface area contributed by atoms with Gasteiger partial charge >= 0.3 is 0 Å². The summed E-state index contributed by atoms with van der Waals surface area (Å²) < 4.78 is 2.40. The minimum absolute atomic E-state index is 1.02. The Hall–Kier alpha value is -7.10. The number of hydrogen-bond acceptors (Lipinski definition) is 2. The Labute approximate surface area is 306 Å². The van der Waals surface area contributed by atoms with Gasteiger partial charge in [0.05, 0.1) is 16.6 Å². The summed E-state index contributed by atoms with van der Waals surface area (Å²) in [6, 6.07) is 61.6. The Kier molecular flexibility index (Phi) is 6.55. The van der Waals surface area contributed by atoms with Crippen molar-refractivity contribution < 1.29 is 0 Å². The van der Waals surface area contributed by atoms with Crippen LogP contribution in [0.4, 0.5) is 0 Å². The molecule has 0 saturated heterocycles. The van der Waals surface area contributed by atoms with Crippen LogP contribution in [0, 0.1) is 0 Å². The highest BCUT2D eigenvalue weighted by molar-refractivity contribution is 6.32. The summed E-state index contributed by atoms with van der Waals surface area (Å²) in [7, 11) is 0. The first-order valence-electron chi connectivity index (χ1n) is 18.1. The number of aromatic nitrogens is 3. The molecule has 0 radical (unpaired) electrons. The highest BCUT2D eigenvalue weighted by Crippen LogP contribution is 2.44. The largest absolute Gasteiger partial charge is 0.309 e. The Morgan fingerprint density at radius 3 is 1.75 bits per heavy atom. The monoisotopic (exact) mass is 673 g/mol. The molecule has 3 nitrogen and oxygen atoms in total. The van der Waals surface area contributed by atoms with Crippen molar-refractivity contribution in [3.8, 4) is 39.1 Å². The van der Waals surface area contributed by atoms with E-state index in [1.54, 1.807) is 0 Å². The maximum absolute atomic E-state index is 5.19. The van der Waals surface area contributed by atoms with Gasteiger partial charge in [0, 0.05) is 51.4 Å². The van der Waals surface area contributed by atoms with Crippen molar-refractivity contribution in [2.75, 3.05) is 0 Å². The molecule has 11 rings (SSSR count). The first-order valence-corrected chi connectivity index (χ1v) is 18.1. The number of fused-ring (bicyclic) bond motifs is 11. The third-order valence-corrected chi connectivity index (χ3v) is 10.9. The van der Waals surface area contributed by atoms with E-state index >= 15 is 0 Å². The first kappa shape index (κ1) is 29.6. The van der Waals surface area contributed by atoms with Gasteiger partial charge in [0.1, 0.15) is 0 Å². The highest BCUT2D eigenvalue weighted by Gasteiger charge is 2.18. The minimum atomic E-state index is 1.02. The summed E-state index contributed by atoms with van der Waals surface area (Å²) in [5, 5.41) is 11.0. The van der Waals surface area contributed by atoms with Crippen molar-refractivity contribution in [2.45, 2.75) is 0 Å². The Balaban J connectivity index is 1.17. The van der Waals surface area contributed by atoms with Crippen molar-refractivity contribution in [1.29, 1.82) is 0 Å². The molecule has 0 saturated carbocycles. The normalized spacial score (nSPS) is 11.8.